The fourth-order valence-corrected chi connectivity index (χ4v) is 3.55. The number of ether oxygens (including phenoxy) is 1. The standard InChI is InChI=1S/C26H22ClFN4O3/c1-15(2)32-13-19(16-6-8-17(28)9-7-16)26(34)20(14-32)22(33)10-24-30-11-18(12-31-24)35-23-5-3-4-21(29)25(23)27/h3-9,11-15H,10,29H2,1-2H3. The van der Waals surface area contributed by atoms with Gasteiger partial charge in [0.25, 0.3) is 0 Å². The van der Waals surface area contributed by atoms with E-state index in [4.69, 9.17) is 22.1 Å². The van der Waals surface area contributed by atoms with E-state index in [9.17, 15) is 14.0 Å². The van der Waals surface area contributed by atoms with Gasteiger partial charge < -0.3 is 15.0 Å². The third-order valence-electron chi connectivity index (χ3n) is 5.32. The molecule has 0 aliphatic heterocycles. The maximum atomic E-state index is 13.4. The molecule has 9 heteroatoms. The molecule has 2 aromatic carbocycles. The molecule has 2 heterocycles. The molecule has 0 amide bonds. The van der Waals surface area contributed by atoms with Crippen LogP contribution in [0.25, 0.3) is 11.1 Å². The summed E-state index contributed by atoms with van der Waals surface area (Å²) in [6, 6.07) is 10.6. The predicted molar refractivity (Wildman–Crippen MR) is 132 cm³/mol. The third kappa shape index (κ3) is 5.38. The Balaban J connectivity index is 1.59. The molecule has 2 N–H and O–H groups in total. The van der Waals surface area contributed by atoms with Crippen LogP contribution in [-0.4, -0.2) is 20.3 Å². The quantitative estimate of drug-likeness (QED) is 0.271. The molecule has 0 aliphatic carbocycles. The van der Waals surface area contributed by atoms with Crippen LogP contribution in [0.1, 0.15) is 36.1 Å². The van der Waals surface area contributed by atoms with E-state index in [1.54, 1.807) is 29.0 Å². The Labute approximate surface area is 206 Å². The highest BCUT2D eigenvalue weighted by Gasteiger charge is 2.19. The molecule has 0 saturated carbocycles. The Morgan fingerprint density at radius 3 is 2.46 bits per heavy atom. The molecule has 0 radical (unpaired) electrons. The highest BCUT2D eigenvalue weighted by atomic mass is 35.5. The van der Waals surface area contributed by atoms with E-state index in [0.29, 0.717) is 28.3 Å². The van der Waals surface area contributed by atoms with Gasteiger partial charge in [-0.1, -0.05) is 29.8 Å². The normalized spacial score (nSPS) is 11.0. The SMILES string of the molecule is CC(C)n1cc(C(=O)Cc2ncc(Oc3cccc(N)c3Cl)cn2)c(=O)c(-c2ccc(F)cc2)c1. The Hall–Kier alpha value is -4.04. The molecule has 0 atom stereocenters. The van der Waals surface area contributed by atoms with Crippen LogP contribution < -0.4 is 15.9 Å². The number of nitrogens with zero attached hydrogens (tertiary/aromatic N) is 3. The first-order valence-corrected chi connectivity index (χ1v) is 11.2. The minimum atomic E-state index is -0.435. The average Bonchev–Trinajstić information content (AvgIpc) is 2.84. The summed E-state index contributed by atoms with van der Waals surface area (Å²) in [4.78, 5) is 34.6. The first-order chi connectivity index (χ1) is 16.7. The van der Waals surface area contributed by atoms with Crippen molar-refractivity contribution in [1.29, 1.82) is 0 Å². The summed E-state index contributed by atoms with van der Waals surface area (Å²) < 4.78 is 20.8. The summed E-state index contributed by atoms with van der Waals surface area (Å²) in [7, 11) is 0. The summed E-state index contributed by atoms with van der Waals surface area (Å²) >= 11 is 6.14. The van der Waals surface area contributed by atoms with Crippen LogP contribution in [-0.2, 0) is 6.42 Å². The van der Waals surface area contributed by atoms with Crippen molar-refractivity contribution in [1.82, 2.24) is 14.5 Å². The number of Topliss-reactive ketones (excluding diaryl/α,β-unsaturated/α-hetero) is 1. The largest absolute Gasteiger partial charge is 0.452 e. The molecule has 4 rings (SSSR count). The van der Waals surface area contributed by atoms with Crippen molar-refractivity contribution >= 4 is 23.1 Å². The van der Waals surface area contributed by atoms with Gasteiger partial charge in [-0.25, -0.2) is 14.4 Å². The number of nitrogen functional groups attached to an aromatic ring is 1. The van der Waals surface area contributed by atoms with Gasteiger partial charge in [0.2, 0.25) is 0 Å². The van der Waals surface area contributed by atoms with Gasteiger partial charge in [-0.2, -0.15) is 0 Å². The predicted octanol–water partition coefficient (Wildman–Crippen LogP) is 5.48. The van der Waals surface area contributed by atoms with Crippen molar-refractivity contribution < 1.29 is 13.9 Å². The smallest absolute Gasteiger partial charge is 0.200 e. The number of hydrogen-bond acceptors (Lipinski definition) is 6. The number of pyridine rings is 1. The first-order valence-electron chi connectivity index (χ1n) is 10.8. The number of carbonyl (C=O) groups is 1. The van der Waals surface area contributed by atoms with Crippen molar-refractivity contribution in [3.05, 3.63) is 99.7 Å². The van der Waals surface area contributed by atoms with E-state index >= 15 is 0 Å². The van der Waals surface area contributed by atoms with Crippen molar-refractivity contribution in [2.75, 3.05) is 5.73 Å². The number of aromatic nitrogens is 3. The first kappa shape index (κ1) is 24.1. The number of rotatable bonds is 7. The third-order valence-corrected chi connectivity index (χ3v) is 5.72. The van der Waals surface area contributed by atoms with Crippen molar-refractivity contribution in [2.24, 2.45) is 0 Å². The van der Waals surface area contributed by atoms with Crippen LogP contribution >= 0.6 is 11.6 Å². The molecule has 0 fully saturated rings. The van der Waals surface area contributed by atoms with Crippen molar-refractivity contribution in [3.63, 3.8) is 0 Å². The Morgan fingerprint density at radius 2 is 1.80 bits per heavy atom. The zero-order valence-corrected chi connectivity index (χ0v) is 19.8. The molecule has 0 aliphatic rings. The summed E-state index contributed by atoms with van der Waals surface area (Å²) in [5.41, 5.74) is 6.57. The zero-order chi connectivity index (χ0) is 25.1. The molecule has 0 unspecified atom stereocenters. The van der Waals surface area contributed by atoms with Crippen molar-refractivity contribution in [2.45, 2.75) is 26.3 Å². The fourth-order valence-electron chi connectivity index (χ4n) is 3.39. The van der Waals surface area contributed by atoms with E-state index < -0.39 is 17.0 Å². The van der Waals surface area contributed by atoms with Crippen LogP contribution in [0.2, 0.25) is 5.02 Å². The van der Waals surface area contributed by atoms with Gasteiger partial charge in [0, 0.05) is 24.0 Å². The van der Waals surface area contributed by atoms with Gasteiger partial charge >= 0.3 is 0 Å². The second-order valence-electron chi connectivity index (χ2n) is 8.16. The van der Waals surface area contributed by atoms with Gasteiger partial charge in [-0.15, -0.1) is 0 Å². The van der Waals surface area contributed by atoms with E-state index in [1.165, 1.54) is 42.9 Å². The van der Waals surface area contributed by atoms with E-state index in [2.05, 4.69) is 9.97 Å². The van der Waals surface area contributed by atoms with Gasteiger partial charge in [0.15, 0.2) is 17.0 Å². The van der Waals surface area contributed by atoms with Gasteiger partial charge in [-0.05, 0) is 43.7 Å². The van der Waals surface area contributed by atoms with E-state index in [0.717, 1.165) is 0 Å². The van der Waals surface area contributed by atoms with Gasteiger partial charge in [0.05, 0.1) is 30.1 Å². The van der Waals surface area contributed by atoms with Gasteiger partial charge in [-0.3, -0.25) is 9.59 Å². The molecule has 7 nitrogen and oxygen atoms in total. The highest BCUT2D eigenvalue weighted by molar-refractivity contribution is 6.34. The number of hydrogen-bond donors (Lipinski definition) is 1. The maximum absolute atomic E-state index is 13.4. The average molecular weight is 493 g/mol. The second kappa shape index (κ2) is 10.1. The molecule has 4 aromatic rings. The number of carbonyl (C=O) groups excluding carboxylic acids is 1. The Morgan fingerprint density at radius 1 is 1.11 bits per heavy atom. The highest BCUT2D eigenvalue weighted by Crippen LogP contribution is 2.32. The van der Waals surface area contributed by atoms with Crippen LogP contribution in [0, 0.1) is 5.82 Å². The number of halogens is 2. The van der Waals surface area contributed by atoms with E-state index in [-0.39, 0.29) is 28.9 Å². The van der Waals surface area contributed by atoms with Crippen LogP contribution in [0.15, 0.2) is 72.0 Å². The number of anilines is 1. The lowest BCUT2D eigenvalue weighted by Crippen LogP contribution is -2.22. The summed E-state index contributed by atoms with van der Waals surface area (Å²) in [5.74, 6) is 0.0532. The fraction of sp³-hybridized carbons (Fsp3) is 0.154. The molecule has 0 spiro atoms. The Kier molecular flexibility index (Phi) is 6.93. The topological polar surface area (TPSA) is 100 Å². The molecular weight excluding hydrogens is 471 g/mol. The monoisotopic (exact) mass is 492 g/mol. The Bertz CT molecular complexity index is 1430. The number of benzene rings is 2. The lowest BCUT2D eigenvalue weighted by molar-refractivity contribution is 0.0989. The summed E-state index contributed by atoms with van der Waals surface area (Å²) in [6.07, 6.45) is 5.84. The molecule has 0 bridgehead atoms. The maximum Gasteiger partial charge on any atom is 0.200 e. The zero-order valence-electron chi connectivity index (χ0n) is 19.0. The van der Waals surface area contributed by atoms with Crippen LogP contribution in [0.5, 0.6) is 11.5 Å². The molecule has 35 heavy (non-hydrogen) atoms. The van der Waals surface area contributed by atoms with Crippen LogP contribution in [0.3, 0.4) is 0 Å². The van der Waals surface area contributed by atoms with E-state index in [1.807, 2.05) is 13.8 Å². The summed E-state index contributed by atoms with van der Waals surface area (Å²) in [5, 5.41) is 0.272. The summed E-state index contributed by atoms with van der Waals surface area (Å²) in [6.45, 7) is 3.86. The minimum absolute atomic E-state index is 0.00659. The minimum Gasteiger partial charge on any atom is -0.452 e. The number of nitrogens with two attached hydrogens (primary N) is 1. The molecule has 2 aromatic heterocycles. The molecule has 178 valence electrons. The lowest BCUT2D eigenvalue weighted by atomic mass is 10.0. The number of ketones is 1. The van der Waals surface area contributed by atoms with Crippen LogP contribution in [0.4, 0.5) is 10.1 Å². The molecular formula is C26H22ClFN4O3. The molecule has 0 saturated heterocycles. The van der Waals surface area contributed by atoms with Gasteiger partial charge in [0.1, 0.15) is 22.4 Å². The lowest BCUT2D eigenvalue weighted by Gasteiger charge is -2.15. The van der Waals surface area contributed by atoms with Crippen molar-refractivity contribution in [3.8, 4) is 22.6 Å². The second-order valence-corrected chi connectivity index (χ2v) is 8.54.